The zero-order valence-electron chi connectivity index (χ0n) is 21.6. The Morgan fingerprint density at radius 3 is 2.69 bits per heavy atom. The van der Waals surface area contributed by atoms with E-state index in [1.807, 2.05) is 38.1 Å². The van der Waals surface area contributed by atoms with Crippen LogP contribution in [0.5, 0.6) is 0 Å². The molecule has 6 nitrogen and oxygen atoms in total. The van der Waals surface area contributed by atoms with Crippen LogP contribution in [0.3, 0.4) is 0 Å². The zero-order chi connectivity index (χ0) is 25.4. The van der Waals surface area contributed by atoms with E-state index in [0.717, 1.165) is 53.3 Å². The maximum absolute atomic E-state index is 10.1. The van der Waals surface area contributed by atoms with Gasteiger partial charge in [0.1, 0.15) is 17.2 Å². The van der Waals surface area contributed by atoms with Crippen LogP contribution < -0.4 is 10.4 Å². The molecule has 0 radical (unpaired) electrons. The Morgan fingerprint density at radius 2 is 1.92 bits per heavy atom. The molecule has 2 aromatic carbocycles. The predicted octanol–water partition coefficient (Wildman–Crippen LogP) is 6.76. The van der Waals surface area contributed by atoms with E-state index in [2.05, 4.69) is 43.9 Å². The van der Waals surface area contributed by atoms with Crippen LogP contribution in [0.2, 0.25) is 0 Å². The van der Waals surface area contributed by atoms with Gasteiger partial charge in [0.15, 0.2) is 16.7 Å². The Kier molecular flexibility index (Phi) is 4.91. The third-order valence-electron chi connectivity index (χ3n) is 8.02. The lowest BCUT2D eigenvalue weighted by Gasteiger charge is -2.45. The first kappa shape index (κ1) is 22.6. The lowest BCUT2D eigenvalue weighted by Crippen LogP contribution is -2.41. The van der Waals surface area contributed by atoms with Crippen molar-refractivity contribution in [3.63, 3.8) is 0 Å². The molecule has 0 amide bonds. The Balaban J connectivity index is 0.00000117. The molecule has 1 atom stereocenters. The summed E-state index contributed by atoms with van der Waals surface area (Å²) in [5.74, 6) is 0.485. The lowest BCUT2D eigenvalue weighted by molar-refractivity contribution is 0.435. The molecule has 0 saturated carbocycles. The van der Waals surface area contributed by atoms with Crippen LogP contribution in [0.4, 0.5) is 5.69 Å². The number of nitrogens with one attached hydrogen (secondary N) is 1. The maximum Gasteiger partial charge on any atom is 0.160 e. The molecule has 2 aliphatic rings. The SMILES string of the molecule is CC.CC1CCN2CCC(C)(C)c3c2c1cc1cc2c(oc31)c(C#N)c(=N)n1c3ccccc3nc21. The van der Waals surface area contributed by atoms with Gasteiger partial charge in [-0.15, -0.1) is 0 Å². The van der Waals surface area contributed by atoms with Crippen LogP contribution in [0, 0.1) is 16.7 Å². The van der Waals surface area contributed by atoms with E-state index in [1.54, 1.807) is 4.40 Å². The summed E-state index contributed by atoms with van der Waals surface area (Å²) < 4.78 is 8.44. The van der Waals surface area contributed by atoms with Gasteiger partial charge in [0.05, 0.1) is 16.4 Å². The monoisotopic (exact) mass is 477 g/mol. The molecule has 0 bridgehead atoms. The van der Waals surface area contributed by atoms with Gasteiger partial charge in [0.2, 0.25) is 0 Å². The van der Waals surface area contributed by atoms with Crippen molar-refractivity contribution in [2.45, 2.75) is 58.8 Å². The van der Waals surface area contributed by atoms with Crippen LogP contribution in [0.15, 0.2) is 40.8 Å². The number of nitriles is 1. The van der Waals surface area contributed by atoms with Gasteiger partial charge in [-0.2, -0.15) is 5.26 Å². The van der Waals surface area contributed by atoms with Gasteiger partial charge in [-0.1, -0.05) is 46.8 Å². The van der Waals surface area contributed by atoms with Gasteiger partial charge in [0.25, 0.3) is 0 Å². The first-order valence-corrected chi connectivity index (χ1v) is 13.0. The van der Waals surface area contributed by atoms with E-state index in [9.17, 15) is 5.26 Å². The molecule has 5 heterocycles. The zero-order valence-corrected chi connectivity index (χ0v) is 21.6. The average Bonchev–Trinajstić information content (AvgIpc) is 3.28. The number of imidazole rings is 1. The molecule has 1 N–H and O–H groups in total. The van der Waals surface area contributed by atoms with E-state index in [0.29, 0.717) is 17.1 Å². The van der Waals surface area contributed by atoms with Crippen molar-refractivity contribution in [2.24, 2.45) is 0 Å². The highest BCUT2D eigenvalue weighted by atomic mass is 16.3. The molecule has 1 unspecified atom stereocenters. The second-order valence-electron chi connectivity index (χ2n) is 10.5. The first-order valence-electron chi connectivity index (χ1n) is 13.0. The van der Waals surface area contributed by atoms with Crippen molar-refractivity contribution in [1.29, 1.82) is 10.7 Å². The van der Waals surface area contributed by atoms with Gasteiger partial charge >= 0.3 is 0 Å². The number of rotatable bonds is 0. The third kappa shape index (κ3) is 2.89. The minimum absolute atomic E-state index is 0.0446. The molecule has 0 spiro atoms. The molecule has 0 aliphatic carbocycles. The average molecular weight is 478 g/mol. The normalized spacial score (nSPS) is 18.2. The standard InChI is InChI=1S/C28H25N5O.C2H6/c1-15-8-10-32-11-9-28(2,3)22-23(32)17(15)12-16-13-18-25(34-24(16)22)19(14-29)26(30)33-21-7-5-4-6-20(21)31-27(18)33;1-2/h4-7,12-13,15,30H,8-11H2,1-3H3;1-2H3. The van der Waals surface area contributed by atoms with E-state index >= 15 is 0 Å². The summed E-state index contributed by atoms with van der Waals surface area (Å²) in [6, 6.07) is 14.4. The highest BCUT2D eigenvalue weighted by Gasteiger charge is 2.39. The Hall–Kier alpha value is -3.85. The molecule has 36 heavy (non-hydrogen) atoms. The summed E-state index contributed by atoms with van der Waals surface area (Å²) in [4.78, 5) is 7.36. The van der Waals surface area contributed by atoms with E-state index in [-0.39, 0.29) is 16.5 Å². The van der Waals surface area contributed by atoms with E-state index in [4.69, 9.17) is 14.8 Å². The van der Waals surface area contributed by atoms with Crippen molar-refractivity contribution in [3.05, 3.63) is 58.6 Å². The molecular formula is C30H31N5O. The molecule has 5 aromatic rings. The Morgan fingerprint density at radius 1 is 1.14 bits per heavy atom. The van der Waals surface area contributed by atoms with Crippen LogP contribution in [0.1, 0.15) is 70.1 Å². The predicted molar refractivity (Wildman–Crippen MR) is 145 cm³/mol. The molecule has 182 valence electrons. The number of benzene rings is 2. The number of para-hydroxylation sites is 2. The molecule has 3 aromatic heterocycles. The summed E-state index contributed by atoms with van der Waals surface area (Å²) >= 11 is 0. The second-order valence-corrected chi connectivity index (χ2v) is 10.5. The van der Waals surface area contributed by atoms with Crippen molar-refractivity contribution in [2.75, 3.05) is 18.0 Å². The lowest BCUT2D eigenvalue weighted by atomic mass is 9.73. The highest BCUT2D eigenvalue weighted by Crippen LogP contribution is 2.50. The van der Waals surface area contributed by atoms with E-state index < -0.39 is 0 Å². The minimum atomic E-state index is -0.0446. The molecule has 7 rings (SSSR count). The summed E-state index contributed by atoms with van der Waals surface area (Å²) in [5.41, 5.74) is 7.85. The number of pyridine rings is 1. The van der Waals surface area contributed by atoms with Crippen molar-refractivity contribution in [1.82, 2.24) is 9.38 Å². The summed E-state index contributed by atoms with van der Waals surface area (Å²) in [7, 11) is 0. The third-order valence-corrected chi connectivity index (χ3v) is 8.02. The van der Waals surface area contributed by atoms with Gasteiger partial charge < -0.3 is 9.32 Å². The van der Waals surface area contributed by atoms with Gasteiger partial charge in [-0.05, 0) is 54.0 Å². The minimum Gasteiger partial charge on any atom is -0.454 e. The number of anilines is 1. The Labute approximate surface area is 210 Å². The number of hydrogen-bond donors (Lipinski definition) is 1. The fourth-order valence-electron chi connectivity index (χ4n) is 6.12. The molecule has 0 fully saturated rings. The molecular weight excluding hydrogens is 446 g/mol. The van der Waals surface area contributed by atoms with Gasteiger partial charge in [-0.25, -0.2) is 4.98 Å². The highest BCUT2D eigenvalue weighted by molar-refractivity contribution is 6.04. The molecule has 0 saturated heterocycles. The van der Waals surface area contributed by atoms with Crippen LogP contribution in [-0.4, -0.2) is 22.5 Å². The summed E-state index contributed by atoms with van der Waals surface area (Å²) in [6.45, 7) is 13.0. The first-order chi connectivity index (χ1) is 17.4. The van der Waals surface area contributed by atoms with Crippen molar-refractivity contribution < 1.29 is 4.42 Å². The smallest absolute Gasteiger partial charge is 0.160 e. The fraction of sp³-hybridized carbons (Fsp3) is 0.367. The van der Waals surface area contributed by atoms with Crippen LogP contribution >= 0.6 is 0 Å². The topological polar surface area (TPSA) is 81.3 Å². The van der Waals surface area contributed by atoms with Gasteiger partial charge in [-0.3, -0.25) is 9.81 Å². The van der Waals surface area contributed by atoms with Gasteiger partial charge in [0, 0.05) is 29.7 Å². The van der Waals surface area contributed by atoms with E-state index in [1.165, 1.54) is 16.8 Å². The molecule has 6 heteroatoms. The summed E-state index contributed by atoms with van der Waals surface area (Å²) in [5, 5.41) is 20.8. The number of hydrogen-bond acceptors (Lipinski definition) is 5. The number of fused-ring (bicyclic) bond motifs is 7. The fourth-order valence-corrected chi connectivity index (χ4v) is 6.12. The second kappa shape index (κ2) is 7.83. The van der Waals surface area contributed by atoms with Crippen LogP contribution in [0.25, 0.3) is 38.6 Å². The van der Waals surface area contributed by atoms with Crippen molar-refractivity contribution >= 4 is 44.3 Å². The number of nitrogens with zero attached hydrogens (tertiary/aromatic N) is 4. The van der Waals surface area contributed by atoms with Crippen molar-refractivity contribution in [3.8, 4) is 6.07 Å². The quantitative estimate of drug-likeness (QED) is 0.250. The number of aromatic nitrogens is 2. The Bertz CT molecular complexity index is 1800. The molecule has 2 aliphatic heterocycles. The summed E-state index contributed by atoms with van der Waals surface area (Å²) in [6.07, 6.45) is 2.21. The maximum atomic E-state index is 10.1. The van der Waals surface area contributed by atoms with Crippen LogP contribution in [-0.2, 0) is 5.41 Å². The largest absolute Gasteiger partial charge is 0.454 e.